The van der Waals surface area contributed by atoms with Gasteiger partial charge in [-0.2, -0.15) is 0 Å². The first-order valence-electron chi connectivity index (χ1n) is 9.51. The molecule has 0 saturated heterocycles. The number of fused-ring (bicyclic) bond motifs is 3. The Kier molecular flexibility index (Phi) is 5.17. The molecule has 0 aliphatic carbocycles. The Morgan fingerprint density at radius 3 is 2.53 bits per heavy atom. The Morgan fingerprint density at radius 1 is 1.07 bits per heavy atom. The normalized spacial score (nSPS) is 15.0. The number of ether oxygens (including phenoxy) is 2. The molecular weight excluding hydrogens is 400 g/mol. The monoisotopic (exact) mass is 424 g/mol. The second-order valence-corrected chi connectivity index (χ2v) is 9.16. The highest BCUT2D eigenvalue weighted by molar-refractivity contribution is 7.88. The first-order chi connectivity index (χ1) is 14.3. The largest absolute Gasteiger partial charge is 0.497 e. The van der Waals surface area contributed by atoms with Crippen molar-refractivity contribution in [3.8, 4) is 22.6 Å². The molecule has 156 valence electrons. The molecule has 7 heteroatoms. The maximum atomic E-state index is 11.7. The number of rotatable bonds is 5. The van der Waals surface area contributed by atoms with Gasteiger partial charge in [-0.05, 0) is 35.4 Å². The van der Waals surface area contributed by atoms with Gasteiger partial charge in [-0.25, -0.2) is 13.6 Å². The van der Waals surface area contributed by atoms with Crippen LogP contribution in [0.4, 0.5) is 5.69 Å². The van der Waals surface area contributed by atoms with Crippen LogP contribution in [-0.2, 0) is 15.8 Å². The Balaban J connectivity index is 1.94. The van der Waals surface area contributed by atoms with Crippen LogP contribution in [0.3, 0.4) is 0 Å². The molecule has 0 spiro atoms. The van der Waals surface area contributed by atoms with Crippen molar-refractivity contribution in [1.82, 2.24) is 0 Å². The minimum Gasteiger partial charge on any atom is -0.497 e. The van der Waals surface area contributed by atoms with Crippen molar-refractivity contribution in [2.45, 2.75) is 11.9 Å². The lowest BCUT2D eigenvalue weighted by Crippen LogP contribution is -2.19. The SMILES string of the molecule is COc1cccc(C2Oc3cccc(N(C)C)c3-c3ccc(CS(N)(=O)=O)cc32)c1. The van der Waals surface area contributed by atoms with Gasteiger partial charge in [0.25, 0.3) is 0 Å². The van der Waals surface area contributed by atoms with E-state index in [1.54, 1.807) is 7.11 Å². The number of nitrogens with two attached hydrogens (primary N) is 1. The molecule has 3 aromatic rings. The summed E-state index contributed by atoms with van der Waals surface area (Å²) in [6.07, 6.45) is -0.402. The number of sulfonamides is 1. The van der Waals surface area contributed by atoms with E-state index in [0.29, 0.717) is 5.56 Å². The number of benzene rings is 3. The maximum absolute atomic E-state index is 11.7. The average molecular weight is 425 g/mol. The van der Waals surface area contributed by atoms with Crippen molar-refractivity contribution in [2.24, 2.45) is 5.14 Å². The topological polar surface area (TPSA) is 81.9 Å². The average Bonchev–Trinajstić information content (AvgIpc) is 2.71. The van der Waals surface area contributed by atoms with Crippen LogP contribution >= 0.6 is 0 Å². The maximum Gasteiger partial charge on any atom is 0.213 e. The van der Waals surface area contributed by atoms with Gasteiger partial charge in [0.15, 0.2) is 0 Å². The molecule has 6 nitrogen and oxygen atoms in total. The van der Waals surface area contributed by atoms with Crippen LogP contribution in [0.5, 0.6) is 11.5 Å². The Hall–Kier alpha value is -3.03. The third-order valence-corrected chi connectivity index (χ3v) is 5.90. The molecule has 1 atom stereocenters. The highest BCUT2D eigenvalue weighted by Crippen LogP contribution is 2.49. The number of nitrogens with zero attached hydrogens (tertiary/aromatic N) is 1. The van der Waals surface area contributed by atoms with Crippen LogP contribution in [-0.4, -0.2) is 29.6 Å². The van der Waals surface area contributed by atoms with Crippen LogP contribution in [0.15, 0.2) is 60.7 Å². The molecular formula is C23H24N2O4S. The third kappa shape index (κ3) is 3.86. The zero-order valence-electron chi connectivity index (χ0n) is 17.1. The molecule has 30 heavy (non-hydrogen) atoms. The zero-order valence-corrected chi connectivity index (χ0v) is 17.9. The molecule has 1 aliphatic heterocycles. The standard InChI is InChI=1S/C23H24N2O4S/c1-25(2)20-8-5-9-21-22(20)18-11-10-15(14-30(24,26)27)12-19(18)23(29-21)16-6-4-7-17(13-16)28-3/h4-13,23H,14H2,1-3H3,(H2,24,26,27). The first kappa shape index (κ1) is 20.3. The molecule has 1 unspecified atom stereocenters. The van der Waals surface area contributed by atoms with Crippen molar-refractivity contribution in [3.63, 3.8) is 0 Å². The van der Waals surface area contributed by atoms with Gasteiger partial charge in [0, 0.05) is 36.5 Å². The molecule has 0 fully saturated rings. The lowest BCUT2D eigenvalue weighted by Gasteiger charge is -2.32. The fraction of sp³-hybridized carbons (Fsp3) is 0.217. The van der Waals surface area contributed by atoms with E-state index in [1.807, 2.05) is 79.7 Å². The Morgan fingerprint density at radius 2 is 1.83 bits per heavy atom. The van der Waals surface area contributed by atoms with E-state index < -0.39 is 16.1 Å². The smallest absolute Gasteiger partial charge is 0.213 e. The lowest BCUT2D eigenvalue weighted by atomic mass is 9.87. The summed E-state index contributed by atoms with van der Waals surface area (Å²) in [7, 11) is 1.94. The predicted molar refractivity (Wildman–Crippen MR) is 118 cm³/mol. The van der Waals surface area contributed by atoms with Gasteiger partial charge in [0.2, 0.25) is 10.0 Å². The molecule has 1 heterocycles. The summed E-state index contributed by atoms with van der Waals surface area (Å²) in [5.41, 5.74) is 5.45. The molecule has 0 radical (unpaired) electrons. The number of primary sulfonamides is 1. The van der Waals surface area contributed by atoms with Crippen LogP contribution in [0.1, 0.15) is 22.8 Å². The van der Waals surface area contributed by atoms with E-state index in [-0.39, 0.29) is 5.75 Å². The van der Waals surface area contributed by atoms with E-state index in [4.69, 9.17) is 14.6 Å². The fourth-order valence-electron chi connectivity index (χ4n) is 3.88. The summed E-state index contributed by atoms with van der Waals surface area (Å²) in [5, 5.41) is 5.29. The van der Waals surface area contributed by atoms with Gasteiger partial charge in [0.1, 0.15) is 17.6 Å². The molecule has 4 rings (SSSR count). The quantitative estimate of drug-likeness (QED) is 0.675. The minimum atomic E-state index is -3.65. The molecule has 0 aromatic heterocycles. The van der Waals surface area contributed by atoms with Crippen molar-refractivity contribution in [3.05, 3.63) is 77.4 Å². The molecule has 0 bridgehead atoms. The predicted octanol–water partition coefficient (Wildman–Crippen LogP) is 3.70. The Bertz CT molecular complexity index is 1210. The van der Waals surface area contributed by atoms with Gasteiger partial charge in [-0.1, -0.05) is 36.4 Å². The highest BCUT2D eigenvalue weighted by atomic mass is 32.2. The van der Waals surface area contributed by atoms with E-state index in [1.165, 1.54) is 0 Å². The van der Waals surface area contributed by atoms with Gasteiger partial charge >= 0.3 is 0 Å². The summed E-state index contributed by atoms with van der Waals surface area (Å²) < 4.78 is 35.2. The first-order valence-corrected chi connectivity index (χ1v) is 11.2. The number of methoxy groups -OCH3 is 1. The van der Waals surface area contributed by atoms with Gasteiger partial charge in [0.05, 0.1) is 12.9 Å². The van der Waals surface area contributed by atoms with E-state index in [9.17, 15) is 8.42 Å². The van der Waals surface area contributed by atoms with Crippen LogP contribution in [0.2, 0.25) is 0 Å². The number of anilines is 1. The second-order valence-electron chi connectivity index (χ2n) is 7.55. The minimum absolute atomic E-state index is 0.229. The van der Waals surface area contributed by atoms with E-state index in [2.05, 4.69) is 0 Å². The van der Waals surface area contributed by atoms with Crippen molar-refractivity contribution >= 4 is 15.7 Å². The highest BCUT2D eigenvalue weighted by Gasteiger charge is 2.30. The van der Waals surface area contributed by atoms with Gasteiger partial charge in [-0.3, -0.25) is 0 Å². The van der Waals surface area contributed by atoms with Crippen LogP contribution in [0.25, 0.3) is 11.1 Å². The molecule has 1 aliphatic rings. The lowest BCUT2D eigenvalue weighted by molar-refractivity contribution is 0.243. The molecule has 0 saturated carbocycles. The van der Waals surface area contributed by atoms with Crippen molar-refractivity contribution in [2.75, 3.05) is 26.1 Å². The summed E-state index contributed by atoms with van der Waals surface area (Å²) in [4.78, 5) is 2.04. The summed E-state index contributed by atoms with van der Waals surface area (Å²) in [6.45, 7) is 0. The van der Waals surface area contributed by atoms with Gasteiger partial charge in [-0.15, -0.1) is 0 Å². The molecule has 3 aromatic carbocycles. The van der Waals surface area contributed by atoms with E-state index >= 15 is 0 Å². The zero-order chi connectivity index (χ0) is 21.5. The molecule has 2 N–H and O–H groups in total. The fourth-order valence-corrected chi connectivity index (χ4v) is 4.53. The Labute approximate surface area is 176 Å². The second kappa shape index (κ2) is 7.66. The summed E-state index contributed by atoms with van der Waals surface area (Å²) >= 11 is 0. The van der Waals surface area contributed by atoms with Crippen LogP contribution < -0.4 is 19.5 Å². The molecule has 0 amide bonds. The summed E-state index contributed by atoms with van der Waals surface area (Å²) in [6, 6.07) is 19.3. The number of hydrogen-bond donors (Lipinski definition) is 1. The van der Waals surface area contributed by atoms with Crippen molar-refractivity contribution < 1.29 is 17.9 Å². The third-order valence-electron chi connectivity index (χ3n) is 5.16. The number of hydrogen-bond acceptors (Lipinski definition) is 5. The summed E-state index contributed by atoms with van der Waals surface area (Å²) in [5.74, 6) is 1.28. The van der Waals surface area contributed by atoms with E-state index in [0.717, 1.165) is 39.4 Å². The van der Waals surface area contributed by atoms with Gasteiger partial charge < -0.3 is 14.4 Å². The van der Waals surface area contributed by atoms with Crippen LogP contribution in [0, 0.1) is 0 Å². The van der Waals surface area contributed by atoms with Crippen molar-refractivity contribution in [1.29, 1.82) is 0 Å².